The highest BCUT2D eigenvalue weighted by molar-refractivity contribution is 5.95. The number of carbonyl (C=O) groups is 2. The standard InChI is InChI=1S/C17H16N2O4/c1-22-17(21)13-5-4-12-6-7-19(15(12)9-13)11-16(20)18-10-14-3-2-8-23-14/h2-9H,10-11H2,1H3,(H,18,20). The molecule has 0 unspecified atom stereocenters. The number of benzene rings is 1. The number of hydrogen-bond acceptors (Lipinski definition) is 4. The summed E-state index contributed by atoms with van der Waals surface area (Å²) in [6, 6.07) is 10.7. The zero-order valence-electron chi connectivity index (χ0n) is 12.6. The van der Waals surface area contributed by atoms with E-state index in [1.54, 1.807) is 35.1 Å². The van der Waals surface area contributed by atoms with E-state index < -0.39 is 5.97 Å². The second-order valence-corrected chi connectivity index (χ2v) is 5.06. The largest absolute Gasteiger partial charge is 0.467 e. The van der Waals surface area contributed by atoms with Crippen molar-refractivity contribution in [2.75, 3.05) is 7.11 Å². The van der Waals surface area contributed by atoms with Crippen molar-refractivity contribution in [2.45, 2.75) is 13.1 Å². The van der Waals surface area contributed by atoms with Crippen molar-refractivity contribution in [2.24, 2.45) is 0 Å². The van der Waals surface area contributed by atoms with E-state index in [0.717, 1.165) is 10.9 Å². The summed E-state index contributed by atoms with van der Waals surface area (Å²) in [7, 11) is 1.34. The second-order valence-electron chi connectivity index (χ2n) is 5.06. The summed E-state index contributed by atoms with van der Waals surface area (Å²) in [6.45, 7) is 0.507. The fourth-order valence-corrected chi connectivity index (χ4v) is 2.38. The van der Waals surface area contributed by atoms with Crippen LogP contribution in [0.5, 0.6) is 0 Å². The van der Waals surface area contributed by atoms with E-state index in [9.17, 15) is 9.59 Å². The predicted octanol–water partition coefficient (Wildman–Crippen LogP) is 2.34. The van der Waals surface area contributed by atoms with Crippen LogP contribution in [0.2, 0.25) is 0 Å². The Hall–Kier alpha value is -3.02. The van der Waals surface area contributed by atoms with Crippen LogP contribution in [0.4, 0.5) is 0 Å². The van der Waals surface area contributed by atoms with Crippen LogP contribution in [-0.4, -0.2) is 23.6 Å². The molecule has 3 aromatic rings. The average Bonchev–Trinajstić information content (AvgIpc) is 3.22. The van der Waals surface area contributed by atoms with Gasteiger partial charge in [-0.15, -0.1) is 0 Å². The lowest BCUT2D eigenvalue weighted by atomic mass is 10.1. The van der Waals surface area contributed by atoms with Crippen molar-refractivity contribution in [3.05, 3.63) is 60.2 Å². The van der Waals surface area contributed by atoms with Gasteiger partial charge in [-0.25, -0.2) is 4.79 Å². The maximum Gasteiger partial charge on any atom is 0.337 e. The van der Waals surface area contributed by atoms with E-state index in [0.29, 0.717) is 17.9 Å². The molecule has 2 heterocycles. The molecular weight excluding hydrogens is 296 g/mol. The number of furan rings is 1. The number of aromatic nitrogens is 1. The summed E-state index contributed by atoms with van der Waals surface area (Å²) in [6.07, 6.45) is 3.38. The first-order valence-electron chi connectivity index (χ1n) is 7.13. The molecule has 23 heavy (non-hydrogen) atoms. The number of rotatable bonds is 5. The fourth-order valence-electron chi connectivity index (χ4n) is 2.38. The van der Waals surface area contributed by atoms with Crippen LogP contribution >= 0.6 is 0 Å². The Kier molecular flexibility index (Phi) is 4.14. The third kappa shape index (κ3) is 3.26. The zero-order chi connectivity index (χ0) is 16.2. The molecule has 0 atom stereocenters. The van der Waals surface area contributed by atoms with Gasteiger partial charge in [-0.1, -0.05) is 6.07 Å². The lowest BCUT2D eigenvalue weighted by molar-refractivity contribution is -0.121. The molecule has 0 aliphatic carbocycles. The van der Waals surface area contributed by atoms with Crippen LogP contribution in [0.1, 0.15) is 16.1 Å². The highest BCUT2D eigenvalue weighted by atomic mass is 16.5. The monoisotopic (exact) mass is 312 g/mol. The molecule has 6 nitrogen and oxygen atoms in total. The van der Waals surface area contributed by atoms with E-state index in [-0.39, 0.29) is 12.5 Å². The number of amides is 1. The van der Waals surface area contributed by atoms with Gasteiger partial charge < -0.3 is 19.0 Å². The van der Waals surface area contributed by atoms with Gasteiger partial charge in [-0.3, -0.25) is 4.79 Å². The van der Waals surface area contributed by atoms with Crippen LogP contribution in [0.3, 0.4) is 0 Å². The van der Waals surface area contributed by atoms with Gasteiger partial charge in [0, 0.05) is 11.7 Å². The quantitative estimate of drug-likeness (QED) is 0.734. The van der Waals surface area contributed by atoms with Crippen molar-refractivity contribution in [3.8, 4) is 0 Å². The zero-order valence-corrected chi connectivity index (χ0v) is 12.6. The smallest absolute Gasteiger partial charge is 0.337 e. The molecule has 118 valence electrons. The van der Waals surface area contributed by atoms with Gasteiger partial charge in [0.15, 0.2) is 0 Å². The molecule has 1 amide bonds. The number of carbonyl (C=O) groups excluding carboxylic acids is 2. The van der Waals surface area contributed by atoms with Crippen molar-refractivity contribution in [1.82, 2.24) is 9.88 Å². The van der Waals surface area contributed by atoms with E-state index in [1.807, 2.05) is 18.3 Å². The highest BCUT2D eigenvalue weighted by Crippen LogP contribution is 2.18. The summed E-state index contributed by atoms with van der Waals surface area (Å²) in [5.41, 5.74) is 1.26. The van der Waals surface area contributed by atoms with E-state index in [4.69, 9.17) is 9.15 Å². The number of fused-ring (bicyclic) bond motifs is 1. The molecule has 6 heteroatoms. The number of methoxy groups -OCH3 is 1. The first-order valence-corrected chi connectivity index (χ1v) is 7.13. The van der Waals surface area contributed by atoms with Crippen LogP contribution in [-0.2, 0) is 22.6 Å². The lowest BCUT2D eigenvalue weighted by Crippen LogP contribution is -2.26. The molecule has 0 spiro atoms. The van der Waals surface area contributed by atoms with Gasteiger partial charge in [0.25, 0.3) is 0 Å². The Morgan fingerprint density at radius 1 is 1.26 bits per heavy atom. The van der Waals surface area contributed by atoms with Crippen LogP contribution < -0.4 is 5.32 Å². The normalized spacial score (nSPS) is 10.7. The van der Waals surface area contributed by atoms with E-state index >= 15 is 0 Å². The maximum absolute atomic E-state index is 12.1. The van der Waals surface area contributed by atoms with Crippen LogP contribution in [0.15, 0.2) is 53.3 Å². The molecule has 2 aromatic heterocycles. The first kappa shape index (κ1) is 14.9. The molecular formula is C17H16N2O4. The number of ether oxygens (including phenoxy) is 1. The van der Waals surface area contributed by atoms with Crippen molar-refractivity contribution in [3.63, 3.8) is 0 Å². The lowest BCUT2D eigenvalue weighted by Gasteiger charge is -2.07. The average molecular weight is 312 g/mol. The second kappa shape index (κ2) is 6.39. The number of hydrogen-bond donors (Lipinski definition) is 1. The molecule has 0 saturated carbocycles. The maximum atomic E-state index is 12.1. The summed E-state index contributed by atoms with van der Waals surface area (Å²) in [4.78, 5) is 23.7. The Balaban J connectivity index is 1.74. The molecule has 0 fully saturated rings. The molecule has 1 aromatic carbocycles. The number of nitrogens with zero attached hydrogens (tertiary/aromatic N) is 1. The summed E-state index contributed by atoms with van der Waals surface area (Å²) < 4.78 is 11.7. The number of nitrogens with one attached hydrogen (secondary N) is 1. The molecule has 1 N–H and O–H groups in total. The van der Waals surface area contributed by atoms with Gasteiger partial charge in [0.2, 0.25) is 5.91 Å². The summed E-state index contributed by atoms with van der Waals surface area (Å²) in [5, 5.41) is 3.75. The first-order chi connectivity index (χ1) is 11.2. The minimum atomic E-state index is -0.401. The molecule has 0 radical (unpaired) electrons. The Morgan fingerprint density at radius 3 is 2.87 bits per heavy atom. The van der Waals surface area contributed by atoms with Crippen LogP contribution in [0, 0.1) is 0 Å². The van der Waals surface area contributed by atoms with Gasteiger partial charge >= 0.3 is 5.97 Å². The molecule has 0 bridgehead atoms. The van der Waals surface area contributed by atoms with Crippen LogP contribution in [0.25, 0.3) is 10.9 Å². The molecule has 0 aliphatic heterocycles. The van der Waals surface area contributed by atoms with Crippen molar-refractivity contribution < 1.29 is 18.7 Å². The number of esters is 1. The minimum Gasteiger partial charge on any atom is -0.467 e. The predicted molar refractivity (Wildman–Crippen MR) is 83.8 cm³/mol. The van der Waals surface area contributed by atoms with Gasteiger partial charge in [-0.05, 0) is 35.7 Å². The van der Waals surface area contributed by atoms with Gasteiger partial charge in [0.1, 0.15) is 12.3 Å². The van der Waals surface area contributed by atoms with Crippen molar-refractivity contribution in [1.29, 1.82) is 0 Å². The van der Waals surface area contributed by atoms with E-state index in [1.165, 1.54) is 7.11 Å². The molecule has 0 saturated heterocycles. The third-order valence-electron chi connectivity index (χ3n) is 3.55. The Labute approximate surface area is 132 Å². The topological polar surface area (TPSA) is 73.5 Å². The van der Waals surface area contributed by atoms with Crippen molar-refractivity contribution >= 4 is 22.8 Å². The molecule has 3 rings (SSSR count). The van der Waals surface area contributed by atoms with E-state index in [2.05, 4.69) is 5.32 Å². The minimum absolute atomic E-state index is 0.137. The Morgan fingerprint density at radius 2 is 2.13 bits per heavy atom. The summed E-state index contributed by atoms with van der Waals surface area (Å²) in [5.74, 6) is 0.160. The highest BCUT2D eigenvalue weighted by Gasteiger charge is 2.10. The Bertz CT molecular complexity index is 834. The SMILES string of the molecule is COC(=O)c1ccc2ccn(CC(=O)NCc3ccco3)c2c1. The molecule has 0 aliphatic rings. The summed E-state index contributed by atoms with van der Waals surface area (Å²) >= 11 is 0. The van der Waals surface area contributed by atoms with Gasteiger partial charge in [0.05, 0.1) is 25.5 Å². The van der Waals surface area contributed by atoms with Gasteiger partial charge in [-0.2, -0.15) is 0 Å². The third-order valence-corrected chi connectivity index (χ3v) is 3.55. The fraction of sp³-hybridized carbons (Fsp3) is 0.176.